The Hall–Kier alpha value is -1.36. The van der Waals surface area contributed by atoms with Gasteiger partial charge in [-0.1, -0.05) is 0 Å². The van der Waals surface area contributed by atoms with Gasteiger partial charge >= 0.3 is 0 Å². The van der Waals surface area contributed by atoms with E-state index in [0.717, 1.165) is 37.7 Å². The van der Waals surface area contributed by atoms with Crippen LogP contribution in [0, 0.1) is 5.92 Å². The Labute approximate surface area is 115 Å². The maximum absolute atomic E-state index is 5.63. The molecule has 0 bridgehead atoms. The van der Waals surface area contributed by atoms with Gasteiger partial charge in [0.2, 0.25) is 0 Å². The number of nitrogens with one attached hydrogen (secondary N) is 1. The summed E-state index contributed by atoms with van der Waals surface area (Å²) >= 11 is 0. The number of anilines is 2. The van der Waals surface area contributed by atoms with E-state index < -0.39 is 0 Å². The minimum absolute atomic E-state index is 0.0126. The third-order valence-corrected chi connectivity index (χ3v) is 3.34. The minimum Gasteiger partial charge on any atom is -0.365 e. The molecule has 0 amide bonds. The monoisotopic (exact) mass is 263 g/mol. The van der Waals surface area contributed by atoms with Crippen molar-refractivity contribution in [1.29, 1.82) is 0 Å². The second-order valence-electron chi connectivity index (χ2n) is 6.31. The van der Waals surface area contributed by atoms with E-state index in [1.807, 2.05) is 6.07 Å². The van der Waals surface area contributed by atoms with E-state index >= 15 is 0 Å². The molecule has 1 aromatic rings. The van der Waals surface area contributed by atoms with E-state index in [4.69, 9.17) is 5.73 Å². The van der Waals surface area contributed by atoms with E-state index in [1.54, 1.807) is 6.33 Å². The van der Waals surface area contributed by atoms with Gasteiger partial charge in [-0.15, -0.1) is 0 Å². The molecule has 1 saturated heterocycles. The molecule has 1 unspecified atom stereocenters. The molecule has 2 rings (SSSR count). The average molecular weight is 263 g/mol. The maximum atomic E-state index is 5.63. The fraction of sp³-hybridized carbons (Fsp3) is 0.714. The van der Waals surface area contributed by atoms with Gasteiger partial charge in [0.1, 0.15) is 18.0 Å². The molecule has 2 heterocycles. The van der Waals surface area contributed by atoms with Gasteiger partial charge in [0.15, 0.2) is 0 Å². The van der Waals surface area contributed by atoms with Crippen molar-refractivity contribution in [2.24, 2.45) is 11.7 Å². The molecule has 3 N–H and O–H groups in total. The number of nitrogens with zero attached hydrogens (tertiary/aromatic N) is 3. The first-order valence-electron chi connectivity index (χ1n) is 7.03. The molecule has 19 heavy (non-hydrogen) atoms. The van der Waals surface area contributed by atoms with Crippen LogP contribution in [-0.4, -0.2) is 35.1 Å². The highest BCUT2D eigenvalue weighted by Gasteiger charge is 2.23. The van der Waals surface area contributed by atoms with Crippen molar-refractivity contribution in [3.05, 3.63) is 12.4 Å². The SMILES string of the molecule is CC(C)(C)Nc1cc(N2CCC(CCN)C2)ncn1. The fourth-order valence-electron chi connectivity index (χ4n) is 2.48. The first-order chi connectivity index (χ1) is 8.98. The third-order valence-electron chi connectivity index (χ3n) is 3.34. The summed E-state index contributed by atoms with van der Waals surface area (Å²) in [5.74, 6) is 2.61. The molecule has 1 aliphatic heterocycles. The number of nitrogens with two attached hydrogens (primary N) is 1. The van der Waals surface area contributed by atoms with Crippen LogP contribution in [0.2, 0.25) is 0 Å². The Kier molecular flexibility index (Phi) is 4.24. The Bertz CT molecular complexity index is 413. The quantitative estimate of drug-likeness (QED) is 0.868. The van der Waals surface area contributed by atoms with Crippen molar-refractivity contribution in [2.75, 3.05) is 29.9 Å². The molecule has 106 valence electrons. The predicted molar refractivity (Wildman–Crippen MR) is 79.4 cm³/mol. The van der Waals surface area contributed by atoms with Gasteiger partial charge in [0.25, 0.3) is 0 Å². The molecule has 1 atom stereocenters. The molecule has 1 aromatic heterocycles. The maximum Gasteiger partial charge on any atom is 0.134 e. The van der Waals surface area contributed by atoms with Gasteiger partial charge in [-0.25, -0.2) is 9.97 Å². The molecule has 0 aliphatic carbocycles. The van der Waals surface area contributed by atoms with Gasteiger partial charge in [0.05, 0.1) is 0 Å². The summed E-state index contributed by atoms with van der Waals surface area (Å²) in [6.45, 7) is 9.28. The zero-order chi connectivity index (χ0) is 13.9. The van der Waals surface area contributed by atoms with Crippen molar-refractivity contribution in [3.63, 3.8) is 0 Å². The van der Waals surface area contributed by atoms with Crippen LogP contribution in [-0.2, 0) is 0 Å². The minimum atomic E-state index is 0.0126. The van der Waals surface area contributed by atoms with Gasteiger partial charge in [-0.3, -0.25) is 0 Å². The van der Waals surface area contributed by atoms with E-state index in [1.165, 1.54) is 6.42 Å². The highest BCUT2D eigenvalue weighted by atomic mass is 15.2. The van der Waals surface area contributed by atoms with E-state index in [2.05, 4.69) is 41.0 Å². The second kappa shape index (κ2) is 5.74. The van der Waals surface area contributed by atoms with Crippen molar-refractivity contribution in [1.82, 2.24) is 9.97 Å². The van der Waals surface area contributed by atoms with E-state index in [0.29, 0.717) is 5.92 Å². The predicted octanol–water partition coefficient (Wildman–Crippen LogP) is 1.86. The van der Waals surface area contributed by atoms with Crippen LogP contribution in [0.25, 0.3) is 0 Å². The van der Waals surface area contributed by atoms with Crippen LogP contribution in [0.5, 0.6) is 0 Å². The zero-order valence-electron chi connectivity index (χ0n) is 12.2. The molecule has 1 fully saturated rings. The smallest absolute Gasteiger partial charge is 0.134 e. The lowest BCUT2D eigenvalue weighted by atomic mass is 10.1. The molecule has 1 aliphatic rings. The van der Waals surface area contributed by atoms with Crippen molar-refractivity contribution >= 4 is 11.6 Å². The lowest BCUT2D eigenvalue weighted by molar-refractivity contribution is 0.546. The Balaban J connectivity index is 2.03. The third kappa shape index (κ3) is 4.06. The highest BCUT2D eigenvalue weighted by molar-refractivity contribution is 5.50. The lowest BCUT2D eigenvalue weighted by Crippen LogP contribution is -2.27. The van der Waals surface area contributed by atoms with Crippen molar-refractivity contribution in [2.45, 2.75) is 39.2 Å². The summed E-state index contributed by atoms with van der Waals surface area (Å²) in [5.41, 5.74) is 5.64. The number of rotatable bonds is 4. The summed E-state index contributed by atoms with van der Waals surface area (Å²) < 4.78 is 0. The van der Waals surface area contributed by atoms with Crippen LogP contribution in [0.3, 0.4) is 0 Å². The number of hydrogen-bond acceptors (Lipinski definition) is 5. The summed E-state index contributed by atoms with van der Waals surface area (Å²) in [6.07, 6.45) is 3.96. The van der Waals surface area contributed by atoms with Crippen LogP contribution >= 0.6 is 0 Å². The van der Waals surface area contributed by atoms with Crippen molar-refractivity contribution in [3.8, 4) is 0 Å². The second-order valence-corrected chi connectivity index (χ2v) is 6.31. The molecule has 0 spiro atoms. The topological polar surface area (TPSA) is 67.1 Å². The van der Waals surface area contributed by atoms with Crippen LogP contribution in [0.1, 0.15) is 33.6 Å². The average Bonchev–Trinajstić information content (AvgIpc) is 2.76. The van der Waals surface area contributed by atoms with Gasteiger partial charge < -0.3 is 16.0 Å². The summed E-state index contributed by atoms with van der Waals surface area (Å²) in [7, 11) is 0. The fourth-order valence-corrected chi connectivity index (χ4v) is 2.48. The molecule has 0 saturated carbocycles. The van der Waals surface area contributed by atoms with E-state index in [9.17, 15) is 0 Å². The summed E-state index contributed by atoms with van der Waals surface area (Å²) in [4.78, 5) is 11.0. The molecular formula is C14H25N5. The number of hydrogen-bond donors (Lipinski definition) is 2. The summed E-state index contributed by atoms with van der Waals surface area (Å²) in [5, 5.41) is 3.38. The first kappa shape index (κ1) is 14.1. The van der Waals surface area contributed by atoms with Gasteiger partial charge in [-0.05, 0) is 46.1 Å². The number of aromatic nitrogens is 2. The molecular weight excluding hydrogens is 238 g/mol. The Morgan fingerprint density at radius 3 is 2.89 bits per heavy atom. The zero-order valence-corrected chi connectivity index (χ0v) is 12.2. The highest BCUT2D eigenvalue weighted by Crippen LogP contribution is 2.25. The van der Waals surface area contributed by atoms with Crippen LogP contribution in [0.4, 0.5) is 11.6 Å². The normalized spacial score (nSPS) is 19.8. The molecule has 5 heteroatoms. The van der Waals surface area contributed by atoms with Crippen molar-refractivity contribution < 1.29 is 0 Å². The lowest BCUT2D eigenvalue weighted by Gasteiger charge is -2.23. The molecule has 0 aromatic carbocycles. The molecule has 5 nitrogen and oxygen atoms in total. The largest absolute Gasteiger partial charge is 0.365 e. The van der Waals surface area contributed by atoms with E-state index in [-0.39, 0.29) is 5.54 Å². The van der Waals surface area contributed by atoms with Crippen LogP contribution in [0.15, 0.2) is 12.4 Å². The summed E-state index contributed by atoms with van der Waals surface area (Å²) in [6, 6.07) is 2.04. The Morgan fingerprint density at radius 1 is 1.42 bits per heavy atom. The van der Waals surface area contributed by atoms with Gasteiger partial charge in [-0.2, -0.15) is 0 Å². The van der Waals surface area contributed by atoms with Gasteiger partial charge in [0, 0.05) is 24.7 Å². The standard InChI is InChI=1S/C14H25N5/c1-14(2,3)18-12-8-13(17-10-16-12)19-7-5-11(9-19)4-6-15/h8,10-11H,4-7,9,15H2,1-3H3,(H,16,17,18). The Morgan fingerprint density at radius 2 is 2.21 bits per heavy atom. The molecule has 0 radical (unpaired) electrons. The first-order valence-corrected chi connectivity index (χ1v) is 7.03. The van der Waals surface area contributed by atoms with Crippen LogP contribution < -0.4 is 16.0 Å².